The highest BCUT2D eigenvalue weighted by Crippen LogP contribution is 2.33. The van der Waals surface area contributed by atoms with Crippen LogP contribution in [0.2, 0.25) is 0 Å². The fourth-order valence-electron chi connectivity index (χ4n) is 3.45. The van der Waals surface area contributed by atoms with Crippen molar-refractivity contribution in [2.24, 2.45) is 14.0 Å². The molecule has 102 valence electrons. The largest absolute Gasteiger partial charge is 0.269 e. The lowest BCUT2D eigenvalue weighted by Crippen LogP contribution is -2.33. The van der Waals surface area contributed by atoms with Crippen molar-refractivity contribution in [2.45, 2.75) is 6.54 Å². The molecule has 0 fully saturated rings. The number of fused-ring (bicyclic) bond motifs is 7. The molecule has 0 aliphatic carbocycles. The van der Waals surface area contributed by atoms with E-state index in [0.717, 1.165) is 28.0 Å². The minimum atomic E-state index is -2.28. The first-order valence-corrected chi connectivity index (χ1v) is 6.80. The van der Waals surface area contributed by atoms with Crippen molar-refractivity contribution in [1.82, 2.24) is 19.1 Å². The monoisotopic (exact) mass is 279 g/mol. The van der Waals surface area contributed by atoms with Gasteiger partial charge in [0.2, 0.25) is 0 Å². The topological polar surface area (TPSA) is 39.5 Å². The van der Waals surface area contributed by atoms with Gasteiger partial charge in [0, 0.05) is 18.0 Å². The molecular weight excluding hydrogens is 262 g/mol. The highest BCUT2D eigenvalue weighted by molar-refractivity contribution is 6.04. The Hall–Kier alpha value is -2.69. The summed E-state index contributed by atoms with van der Waals surface area (Å²) in [4.78, 5) is 8.63. The fraction of sp³-hybridized carbons (Fsp3) is 0.188. The molecule has 0 saturated carbocycles. The second kappa shape index (κ2) is 3.49. The van der Waals surface area contributed by atoms with Crippen LogP contribution in [0.25, 0.3) is 33.6 Å². The van der Waals surface area contributed by atoms with Gasteiger partial charge in [-0.1, -0.05) is 6.07 Å². The van der Waals surface area contributed by atoms with Crippen LogP contribution in [-0.2, 0) is 20.6 Å². The molecule has 0 N–H and O–H groups in total. The highest BCUT2D eigenvalue weighted by atomic mass is 15.2. The average molecular weight is 279 g/mol. The van der Waals surface area contributed by atoms with E-state index in [4.69, 9.17) is 4.11 Å². The second-order valence-corrected chi connectivity index (χ2v) is 5.38. The summed E-state index contributed by atoms with van der Waals surface area (Å²) >= 11 is 0. The molecule has 5 rings (SSSR count). The number of pyridine rings is 2. The van der Waals surface area contributed by atoms with Crippen LogP contribution in [0.1, 0.15) is 9.68 Å². The van der Waals surface area contributed by atoms with E-state index in [-0.39, 0.29) is 0 Å². The summed E-state index contributed by atoms with van der Waals surface area (Å²) < 4.78 is 29.5. The summed E-state index contributed by atoms with van der Waals surface area (Å²) in [6, 6.07) is 5.81. The van der Waals surface area contributed by atoms with Crippen molar-refractivity contribution >= 4 is 22.1 Å². The zero-order chi connectivity index (χ0) is 16.6. The normalized spacial score (nSPS) is 15.8. The maximum Gasteiger partial charge on any atom is 0.269 e. The van der Waals surface area contributed by atoms with Gasteiger partial charge in [-0.3, -0.25) is 14.1 Å². The number of hydrogen-bond donors (Lipinski definition) is 0. The predicted molar refractivity (Wildman–Crippen MR) is 79.7 cm³/mol. The van der Waals surface area contributed by atoms with Crippen LogP contribution in [0.15, 0.2) is 36.8 Å². The van der Waals surface area contributed by atoms with Gasteiger partial charge in [-0.05, 0) is 12.1 Å². The summed E-state index contributed by atoms with van der Waals surface area (Å²) in [6.45, 7) is -1.66. The van der Waals surface area contributed by atoms with Crippen molar-refractivity contribution in [3.8, 4) is 11.5 Å². The Labute approximate surface area is 125 Å². The quantitative estimate of drug-likeness (QED) is 0.405. The summed E-state index contributed by atoms with van der Waals surface area (Å²) in [5.74, 6) is 0.937. The first-order valence-electron chi connectivity index (χ1n) is 8.30. The van der Waals surface area contributed by atoms with E-state index in [1.54, 1.807) is 18.6 Å². The van der Waals surface area contributed by atoms with Crippen molar-refractivity contribution < 1.29 is 8.68 Å². The van der Waals surface area contributed by atoms with Crippen LogP contribution >= 0.6 is 0 Å². The molecule has 0 aromatic carbocycles. The first-order chi connectivity index (χ1) is 11.5. The van der Waals surface area contributed by atoms with Crippen LogP contribution in [-0.4, -0.2) is 19.1 Å². The zero-order valence-electron chi connectivity index (χ0n) is 14.4. The Kier molecular flexibility index (Phi) is 1.42. The Balaban J connectivity index is 2.02. The molecule has 0 bridgehead atoms. The smallest absolute Gasteiger partial charge is 0.261 e. The van der Waals surface area contributed by atoms with Crippen LogP contribution in [0, 0.1) is 0 Å². The van der Waals surface area contributed by atoms with E-state index in [1.165, 1.54) is 4.57 Å². The molecular formula is C16H14N5+. The van der Waals surface area contributed by atoms with Gasteiger partial charge in [-0.2, -0.15) is 0 Å². The molecule has 5 heterocycles. The van der Waals surface area contributed by atoms with Crippen LogP contribution in [0.5, 0.6) is 0 Å². The number of aromatic nitrogens is 5. The van der Waals surface area contributed by atoms with Gasteiger partial charge in [0.1, 0.15) is 11.2 Å². The van der Waals surface area contributed by atoms with Crippen LogP contribution < -0.4 is 4.57 Å². The molecule has 0 unspecified atom stereocenters. The summed E-state index contributed by atoms with van der Waals surface area (Å²) in [5, 5.41) is 0.887. The van der Waals surface area contributed by atoms with E-state index < -0.39 is 6.98 Å². The second-order valence-electron chi connectivity index (χ2n) is 5.38. The molecule has 0 atom stereocenters. The molecule has 1 aliphatic heterocycles. The van der Waals surface area contributed by atoms with Gasteiger partial charge in [0.05, 0.1) is 36.3 Å². The molecule has 0 amide bonds. The Bertz CT molecular complexity index is 1140. The number of aryl methyl sites for hydroxylation is 2. The minimum Gasteiger partial charge on any atom is -0.261 e. The molecule has 4 aromatic heterocycles. The fourth-order valence-corrected chi connectivity index (χ4v) is 3.45. The van der Waals surface area contributed by atoms with Crippen molar-refractivity contribution in [3.63, 3.8) is 0 Å². The van der Waals surface area contributed by atoms with Crippen LogP contribution in [0.3, 0.4) is 0 Å². The molecule has 21 heavy (non-hydrogen) atoms. The lowest BCUT2D eigenvalue weighted by atomic mass is 10.2. The maximum atomic E-state index is 8.02. The van der Waals surface area contributed by atoms with E-state index in [0.29, 0.717) is 17.7 Å². The first kappa shape index (κ1) is 8.56. The van der Waals surface area contributed by atoms with E-state index >= 15 is 0 Å². The SMILES string of the molecule is [2H]C([2H])([2H])n1c2cnccc2c2c1[n+]1c(n2C)-c2ncccc2C1. The van der Waals surface area contributed by atoms with Crippen molar-refractivity contribution in [3.05, 3.63) is 42.4 Å². The lowest BCUT2D eigenvalue weighted by Gasteiger charge is -1.96. The van der Waals surface area contributed by atoms with Gasteiger partial charge in [0.25, 0.3) is 11.5 Å². The van der Waals surface area contributed by atoms with E-state index in [1.807, 2.05) is 34.4 Å². The Morgan fingerprint density at radius 3 is 3.14 bits per heavy atom. The maximum absolute atomic E-state index is 8.02. The summed E-state index contributed by atoms with van der Waals surface area (Å²) in [5.41, 5.74) is 4.22. The minimum absolute atomic E-state index is 0.621. The molecule has 1 aliphatic rings. The van der Waals surface area contributed by atoms with Crippen LogP contribution in [0.4, 0.5) is 0 Å². The van der Waals surface area contributed by atoms with Gasteiger partial charge in [-0.15, -0.1) is 0 Å². The molecule has 0 saturated heterocycles. The predicted octanol–water partition coefficient (Wildman–Crippen LogP) is 1.78. The lowest BCUT2D eigenvalue weighted by molar-refractivity contribution is -0.648. The van der Waals surface area contributed by atoms with Crippen molar-refractivity contribution in [1.29, 1.82) is 0 Å². The van der Waals surface area contributed by atoms with Crippen molar-refractivity contribution in [2.75, 3.05) is 0 Å². The molecule has 0 radical (unpaired) electrons. The number of nitrogens with zero attached hydrogens (tertiary/aromatic N) is 5. The Morgan fingerprint density at radius 1 is 1.29 bits per heavy atom. The molecule has 5 heteroatoms. The molecule has 5 nitrogen and oxygen atoms in total. The zero-order valence-corrected chi connectivity index (χ0v) is 11.4. The third-order valence-electron chi connectivity index (χ3n) is 4.32. The number of imidazole rings is 1. The number of rotatable bonds is 0. The third kappa shape index (κ3) is 1.15. The Morgan fingerprint density at radius 2 is 2.24 bits per heavy atom. The standard InChI is InChI=1S/C16H14N5/c1-19-12-8-17-7-5-11(12)14-16(19)21-9-10-4-3-6-18-13(10)15(21)20(14)2/h3-8H,9H2,1-2H3/q+1/i1D3. The average Bonchev–Trinajstić information content (AvgIpc) is 3.16. The summed E-state index contributed by atoms with van der Waals surface area (Å²) in [6.07, 6.45) is 5.08. The van der Waals surface area contributed by atoms with Gasteiger partial charge in [-0.25, -0.2) is 9.55 Å². The summed E-state index contributed by atoms with van der Waals surface area (Å²) in [7, 11) is 1.96. The highest BCUT2D eigenvalue weighted by Gasteiger charge is 2.35. The van der Waals surface area contributed by atoms with Gasteiger partial charge < -0.3 is 0 Å². The van der Waals surface area contributed by atoms with Gasteiger partial charge >= 0.3 is 0 Å². The van der Waals surface area contributed by atoms with E-state index in [9.17, 15) is 0 Å². The third-order valence-corrected chi connectivity index (χ3v) is 4.32. The van der Waals surface area contributed by atoms with Gasteiger partial charge in [0.15, 0.2) is 5.52 Å². The number of hydrogen-bond acceptors (Lipinski definition) is 2. The molecule has 0 spiro atoms. The molecule has 4 aromatic rings. The van der Waals surface area contributed by atoms with E-state index in [2.05, 4.69) is 9.97 Å².